The zero-order chi connectivity index (χ0) is 19.9. The molecule has 7 heteroatoms. The Hall–Kier alpha value is -2.22. The Morgan fingerprint density at radius 1 is 1.15 bits per heavy atom. The van der Waals surface area contributed by atoms with Crippen molar-refractivity contribution in [3.8, 4) is 11.1 Å². The van der Waals surface area contributed by atoms with Crippen LogP contribution in [0.1, 0.15) is 33.3 Å². The van der Waals surface area contributed by atoms with Gasteiger partial charge < -0.3 is 10.1 Å². The van der Waals surface area contributed by atoms with Crippen LogP contribution in [0.5, 0.6) is 0 Å². The maximum atomic E-state index is 11.4. The Morgan fingerprint density at radius 2 is 1.85 bits per heavy atom. The first-order valence-corrected chi connectivity index (χ1v) is 9.59. The second-order valence-electron chi connectivity index (χ2n) is 7.04. The number of carbonyl (C=O) groups is 1. The Balaban J connectivity index is 2.02. The van der Waals surface area contributed by atoms with E-state index in [0.29, 0.717) is 18.8 Å². The summed E-state index contributed by atoms with van der Waals surface area (Å²) in [6.07, 6.45) is -0.420. The molecule has 2 aromatic rings. The predicted octanol–water partition coefficient (Wildman–Crippen LogP) is 4.75. The standard InChI is InChI=1S/C20H27N3O3S/c1-5-26-19(24)21-14-15-7-6-8-17(13-15)16-9-11-18(12-10-16)23(25)27-22-20(2,3)4/h6-13,22,25H,5,14H2,1-4H3,(H,21,24). The number of carbonyl (C=O) groups excluding carboxylic acids is 1. The average molecular weight is 390 g/mol. The smallest absolute Gasteiger partial charge is 0.407 e. The molecule has 0 fully saturated rings. The van der Waals surface area contributed by atoms with Crippen LogP contribution in [0.25, 0.3) is 11.1 Å². The van der Waals surface area contributed by atoms with E-state index in [4.69, 9.17) is 4.74 Å². The maximum Gasteiger partial charge on any atom is 0.407 e. The van der Waals surface area contributed by atoms with Crippen LogP contribution in [0.3, 0.4) is 0 Å². The molecule has 0 bridgehead atoms. The lowest BCUT2D eigenvalue weighted by Crippen LogP contribution is -2.33. The number of anilines is 1. The van der Waals surface area contributed by atoms with Crippen LogP contribution in [-0.2, 0) is 11.3 Å². The number of benzene rings is 2. The van der Waals surface area contributed by atoms with Gasteiger partial charge in [0.05, 0.1) is 24.4 Å². The van der Waals surface area contributed by atoms with Gasteiger partial charge in [0.1, 0.15) is 0 Å². The summed E-state index contributed by atoms with van der Waals surface area (Å²) in [5.41, 5.74) is 3.62. The van der Waals surface area contributed by atoms with E-state index in [1.165, 1.54) is 0 Å². The highest BCUT2D eigenvalue weighted by atomic mass is 32.2. The molecular formula is C20H27N3O3S. The van der Waals surface area contributed by atoms with E-state index in [9.17, 15) is 10.0 Å². The van der Waals surface area contributed by atoms with Gasteiger partial charge in [0, 0.05) is 12.1 Å². The van der Waals surface area contributed by atoms with Crippen molar-refractivity contribution in [2.24, 2.45) is 0 Å². The molecule has 0 aliphatic carbocycles. The van der Waals surface area contributed by atoms with E-state index >= 15 is 0 Å². The van der Waals surface area contributed by atoms with E-state index in [1.54, 1.807) is 6.92 Å². The van der Waals surface area contributed by atoms with Crippen molar-refractivity contribution >= 4 is 23.9 Å². The third-order valence-corrected chi connectivity index (χ3v) is 4.59. The first kappa shape index (κ1) is 21.1. The first-order chi connectivity index (χ1) is 12.8. The molecule has 0 unspecified atom stereocenters. The lowest BCUT2D eigenvalue weighted by Gasteiger charge is -2.23. The van der Waals surface area contributed by atoms with E-state index in [0.717, 1.165) is 33.3 Å². The summed E-state index contributed by atoms with van der Waals surface area (Å²) < 4.78 is 9.13. The zero-order valence-corrected chi connectivity index (χ0v) is 17.0. The highest BCUT2D eigenvalue weighted by Gasteiger charge is 2.12. The van der Waals surface area contributed by atoms with Crippen LogP contribution in [-0.4, -0.2) is 23.4 Å². The molecular weight excluding hydrogens is 362 g/mol. The van der Waals surface area contributed by atoms with Gasteiger partial charge in [0.15, 0.2) is 0 Å². The van der Waals surface area contributed by atoms with Crippen LogP contribution in [0.2, 0.25) is 0 Å². The van der Waals surface area contributed by atoms with Gasteiger partial charge in [-0.2, -0.15) is 4.47 Å². The Morgan fingerprint density at radius 3 is 2.48 bits per heavy atom. The van der Waals surface area contributed by atoms with Crippen molar-refractivity contribution in [3.05, 3.63) is 54.1 Å². The van der Waals surface area contributed by atoms with E-state index in [1.807, 2.05) is 69.3 Å². The van der Waals surface area contributed by atoms with Crippen LogP contribution in [0, 0.1) is 0 Å². The second-order valence-corrected chi connectivity index (χ2v) is 7.77. The summed E-state index contributed by atoms with van der Waals surface area (Å²) in [7, 11) is 0. The molecule has 0 saturated heterocycles. The minimum atomic E-state index is -0.420. The van der Waals surface area contributed by atoms with Gasteiger partial charge in [-0.1, -0.05) is 30.3 Å². The largest absolute Gasteiger partial charge is 0.450 e. The van der Waals surface area contributed by atoms with E-state index < -0.39 is 6.09 Å². The first-order valence-electron chi connectivity index (χ1n) is 8.81. The fourth-order valence-corrected chi connectivity index (χ4v) is 2.82. The van der Waals surface area contributed by atoms with Crippen LogP contribution in [0.4, 0.5) is 10.5 Å². The van der Waals surface area contributed by atoms with Crippen molar-refractivity contribution in [2.45, 2.75) is 39.8 Å². The van der Waals surface area contributed by atoms with Gasteiger partial charge in [0.2, 0.25) is 0 Å². The fourth-order valence-electron chi connectivity index (χ4n) is 2.23. The molecule has 0 aliphatic heterocycles. The van der Waals surface area contributed by atoms with Crippen molar-refractivity contribution in [1.29, 1.82) is 0 Å². The number of rotatable bonds is 7. The molecule has 0 saturated carbocycles. The monoisotopic (exact) mass is 389 g/mol. The van der Waals surface area contributed by atoms with Crippen molar-refractivity contribution in [2.75, 3.05) is 11.1 Å². The quantitative estimate of drug-likeness (QED) is 0.469. The molecule has 0 atom stereocenters. The zero-order valence-electron chi connectivity index (χ0n) is 16.2. The maximum absolute atomic E-state index is 11.4. The lowest BCUT2D eigenvalue weighted by molar-refractivity contribution is 0.151. The van der Waals surface area contributed by atoms with Gasteiger partial charge in [-0.25, -0.2) is 9.52 Å². The Bertz CT molecular complexity index is 745. The lowest BCUT2D eigenvalue weighted by atomic mass is 10.0. The van der Waals surface area contributed by atoms with Gasteiger partial charge in [-0.15, -0.1) is 0 Å². The van der Waals surface area contributed by atoms with Crippen LogP contribution >= 0.6 is 12.1 Å². The molecule has 27 heavy (non-hydrogen) atoms. The van der Waals surface area contributed by atoms with Crippen molar-refractivity contribution in [1.82, 2.24) is 10.0 Å². The molecule has 0 aromatic heterocycles. The summed E-state index contributed by atoms with van der Waals surface area (Å²) in [6, 6.07) is 15.6. The molecule has 0 spiro atoms. The Labute approximate surface area is 165 Å². The molecule has 0 aliphatic rings. The van der Waals surface area contributed by atoms with Crippen LogP contribution in [0.15, 0.2) is 48.5 Å². The third kappa shape index (κ3) is 7.13. The molecule has 2 aromatic carbocycles. The summed E-state index contributed by atoms with van der Waals surface area (Å²) in [4.78, 5) is 11.4. The Kier molecular flexibility index (Phi) is 7.53. The highest BCUT2D eigenvalue weighted by Crippen LogP contribution is 2.26. The second kappa shape index (κ2) is 9.64. The SMILES string of the molecule is CCOC(=O)NCc1cccc(-c2ccc(N(O)SNC(C)(C)C)cc2)c1. The van der Waals surface area contributed by atoms with Crippen molar-refractivity contribution in [3.63, 3.8) is 0 Å². The topological polar surface area (TPSA) is 73.8 Å². The molecule has 1 amide bonds. The number of amides is 1. The number of alkyl carbamates (subject to hydrolysis) is 1. The van der Waals surface area contributed by atoms with E-state index in [-0.39, 0.29) is 5.54 Å². The molecule has 146 valence electrons. The molecule has 2 rings (SSSR count). The molecule has 0 heterocycles. The van der Waals surface area contributed by atoms with Gasteiger partial charge in [-0.3, -0.25) is 5.21 Å². The minimum Gasteiger partial charge on any atom is -0.450 e. The number of nitrogens with zero attached hydrogens (tertiary/aromatic N) is 1. The number of hydrogen-bond acceptors (Lipinski definition) is 6. The van der Waals surface area contributed by atoms with Crippen LogP contribution < -0.4 is 14.5 Å². The minimum absolute atomic E-state index is 0.108. The summed E-state index contributed by atoms with van der Waals surface area (Å²) in [6.45, 7) is 8.62. The summed E-state index contributed by atoms with van der Waals surface area (Å²) in [5, 5.41) is 12.9. The average Bonchev–Trinajstić information content (AvgIpc) is 2.64. The molecule has 3 N–H and O–H groups in total. The van der Waals surface area contributed by atoms with Gasteiger partial charge >= 0.3 is 6.09 Å². The van der Waals surface area contributed by atoms with Gasteiger partial charge in [0.25, 0.3) is 0 Å². The molecule has 0 radical (unpaired) electrons. The normalized spacial score (nSPS) is 11.1. The molecule has 6 nitrogen and oxygen atoms in total. The van der Waals surface area contributed by atoms with Crippen molar-refractivity contribution < 1.29 is 14.7 Å². The third-order valence-electron chi connectivity index (χ3n) is 3.50. The number of hydrogen-bond donors (Lipinski definition) is 3. The summed E-state index contributed by atoms with van der Waals surface area (Å²) >= 11 is 1.14. The predicted molar refractivity (Wildman–Crippen MR) is 110 cm³/mol. The fraction of sp³-hybridized carbons (Fsp3) is 0.350. The summed E-state index contributed by atoms with van der Waals surface area (Å²) in [5.74, 6) is 0. The number of ether oxygens (including phenoxy) is 1. The van der Waals surface area contributed by atoms with Gasteiger partial charge in [-0.05, 0) is 62.6 Å². The highest BCUT2D eigenvalue weighted by molar-refractivity contribution is 7.98. The number of nitrogens with one attached hydrogen (secondary N) is 2. The van der Waals surface area contributed by atoms with E-state index in [2.05, 4.69) is 10.0 Å².